The number of rotatable bonds is 10. The van der Waals surface area contributed by atoms with Gasteiger partial charge in [0.2, 0.25) is 5.91 Å². The molecule has 4 N–H and O–H groups in total. The number of fused-ring (bicyclic) bond motifs is 1. The number of hydrogen-bond donors (Lipinski definition) is 3. The standard InChI is InChI=1S/C34H37BrN4O2/c35-27-16-17-29-26(21-27)13-7-14-30(29)33(40)37-22-28-18-20-39(34(41)32(38-28)15-8-19-36)23-31(24-9-3-1-4-10-24)25-11-5-2-6-12-25/h1-7,9-14,16-17,21,28,31-32,38H,8,15,18-20,22-23,36H2,(H,37,40)/t28-,32-/m1/s1. The molecule has 4 aromatic carbocycles. The van der Waals surface area contributed by atoms with E-state index in [-0.39, 0.29) is 29.8 Å². The first-order chi connectivity index (χ1) is 20.0. The maximum absolute atomic E-state index is 13.9. The molecule has 0 spiro atoms. The highest BCUT2D eigenvalue weighted by molar-refractivity contribution is 9.10. The molecule has 1 saturated heterocycles. The molecule has 7 heteroatoms. The largest absolute Gasteiger partial charge is 0.350 e. The van der Waals surface area contributed by atoms with E-state index in [4.69, 9.17) is 5.73 Å². The molecule has 41 heavy (non-hydrogen) atoms. The molecule has 0 aromatic heterocycles. The van der Waals surface area contributed by atoms with Crippen molar-refractivity contribution in [2.24, 2.45) is 5.73 Å². The highest BCUT2D eigenvalue weighted by atomic mass is 79.9. The molecule has 1 heterocycles. The minimum Gasteiger partial charge on any atom is -0.350 e. The number of nitrogens with one attached hydrogen (secondary N) is 2. The first kappa shape index (κ1) is 29.0. The minimum atomic E-state index is -0.343. The number of hydrogen-bond acceptors (Lipinski definition) is 4. The molecule has 0 radical (unpaired) electrons. The predicted octanol–water partition coefficient (Wildman–Crippen LogP) is 5.46. The van der Waals surface area contributed by atoms with Crippen LogP contribution in [0.15, 0.2) is 102 Å². The SMILES string of the molecule is NCCC[C@H]1N[C@@H](CNC(=O)c2cccc3cc(Br)ccc23)CCN(CC(c2ccccc2)c2ccccc2)C1=O. The lowest BCUT2D eigenvalue weighted by molar-refractivity contribution is -0.133. The second-order valence-electron chi connectivity index (χ2n) is 10.7. The van der Waals surface area contributed by atoms with Crippen molar-refractivity contribution in [3.8, 4) is 0 Å². The number of amides is 2. The summed E-state index contributed by atoms with van der Waals surface area (Å²) in [6.07, 6.45) is 2.16. The van der Waals surface area contributed by atoms with Gasteiger partial charge < -0.3 is 21.3 Å². The molecule has 1 aliphatic rings. The fourth-order valence-electron chi connectivity index (χ4n) is 5.71. The topological polar surface area (TPSA) is 87.5 Å². The summed E-state index contributed by atoms with van der Waals surface area (Å²) in [6.45, 7) is 2.18. The normalized spacial score (nSPS) is 17.5. The van der Waals surface area contributed by atoms with E-state index in [0.717, 1.165) is 28.1 Å². The van der Waals surface area contributed by atoms with Crippen molar-refractivity contribution in [3.05, 3.63) is 118 Å². The Morgan fingerprint density at radius 1 is 0.976 bits per heavy atom. The molecule has 6 nitrogen and oxygen atoms in total. The van der Waals surface area contributed by atoms with Crippen LogP contribution in [0.4, 0.5) is 0 Å². The Bertz CT molecular complexity index is 1420. The summed E-state index contributed by atoms with van der Waals surface area (Å²) in [4.78, 5) is 29.1. The minimum absolute atomic E-state index is 0.0355. The van der Waals surface area contributed by atoms with Crippen LogP contribution in [-0.2, 0) is 4.79 Å². The van der Waals surface area contributed by atoms with Crippen molar-refractivity contribution in [2.75, 3.05) is 26.2 Å². The lowest BCUT2D eigenvalue weighted by Crippen LogP contribution is -2.49. The summed E-state index contributed by atoms with van der Waals surface area (Å²) >= 11 is 3.51. The van der Waals surface area contributed by atoms with E-state index < -0.39 is 0 Å². The molecule has 0 saturated carbocycles. The van der Waals surface area contributed by atoms with Crippen LogP contribution in [-0.4, -0.2) is 55.0 Å². The lowest BCUT2D eigenvalue weighted by atomic mass is 9.90. The highest BCUT2D eigenvalue weighted by Gasteiger charge is 2.32. The van der Waals surface area contributed by atoms with Gasteiger partial charge in [-0.1, -0.05) is 94.8 Å². The number of halogens is 1. The summed E-state index contributed by atoms with van der Waals surface area (Å²) in [7, 11) is 0. The maximum atomic E-state index is 13.9. The number of benzene rings is 4. The van der Waals surface area contributed by atoms with E-state index in [2.05, 4.69) is 75.1 Å². The van der Waals surface area contributed by atoms with E-state index in [1.165, 1.54) is 11.1 Å². The number of carbonyl (C=O) groups is 2. The van der Waals surface area contributed by atoms with Gasteiger partial charge in [-0.25, -0.2) is 0 Å². The van der Waals surface area contributed by atoms with Crippen molar-refractivity contribution in [2.45, 2.75) is 37.3 Å². The van der Waals surface area contributed by atoms with Crippen LogP contribution >= 0.6 is 15.9 Å². The van der Waals surface area contributed by atoms with Crippen LogP contribution < -0.4 is 16.4 Å². The van der Waals surface area contributed by atoms with Crippen LogP contribution in [0.5, 0.6) is 0 Å². The van der Waals surface area contributed by atoms with Gasteiger partial charge in [-0.05, 0) is 65.9 Å². The molecule has 1 aliphatic heterocycles. The van der Waals surface area contributed by atoms with Gasteiger partial charge in [0.25, 0.3) is 5.91 Å². The van der Waals surface area contributed by atoms with E-state index in [9.17, 15) is 9.59 Å². The molecule has 0 aliphatic carbocycles. The lowest BCUT2D eigenvalue weighted by Gasteiger charge is -2.29. The van der Waals surface area contributed by atoms with Gasteiger partial charge in [0.05, 0.1) is 6.04 Å². The van der Waals surface area contributed by atoms with Crippen LogP contribution in [0.2, 0.25) is 0 Å². The molecular weight excluding hydrogens is 576 g/mol. The second-order valence-corrected chi connectivity index (χ2v) is 11.6. The predicted molar refractivity (Wildman–Crippen MR) is 169 cm³/mol. The Balaban J connectivity index is 1.32. The molecule has 1 fully saturated rings. The third-order valence-corrected chi connectivity index (χ3v) is 8.39. The zero-order valence-corrected chi connectivity index (χ0v) is 24.7. The van der Waals surface area contributed by atoms with Gasteiger partial charge in [0.15, 0.2) is 0 Å². The van der Waals surface area contributed by atoms with E-state index in [0.29, 0.717) is 38.2 Å². The molecule has 4 aromatic rings. The summed E-state index contributed by atoms with van der Waals surface area (Å²) < 4.78 is 0.977. The number of nitrogens with zero attached hydrogens (tertiary/aromatic N) is 1. The Hall–Kier alpha value is -3.52. The van der Waals surface area contributed by atoms with E-state index in [1.807, 2.05) is 53.4 Å². The summed E-state index contributed by atoms with van der Waals surface area (Å²) in [6, 6.07) is 32.1. The molecule has 2 atom stereocenters. The molecule has 0 bridgehead atoms. The highest BCUT2D eigenvalue weighted by Crippen LogP contribution is 2.27. The molecule has 212 valence electrons. The van der Waals surface area contributed by atoms with Crippen molar-refractivity contribution in [1.29, 1.82) is 0 Å². The van der Waals surface area contributed by atoms with Crippen molar-refractivity contribution < 1.29 is 9.59 Å². The fourth-order valence-corrected chi connectivity index (χ4v) is 6.09. The fraction of sp³-hybridized carbons (Fsp3) is 0.294. The number of carbonyl (C=O) groups excluding carboxylic acids is 2. The van der Waals surface area contributed by atoms with Gasteiger partial charge in [0.1, 0.15) is 0 Å². The Morgan fingerprint density at radius 3 is 2.37 bits per heavy atom. The van der Waals surface area contributed by atoms with E-state index >= 15 is 0 Å². The third-order valence-electron chi connectivity index (χ3n) is 7.89. The van der Waals surface area contributed by atoms with Gasteiger partial charge in [-0.3, -0.25) is 9.59 Å². The zero-order chi connectivity index (χ0) is 28.6. The molecular formula is C34H37BrN4O2. The van der Waals surface area contributed by atoms with Crippen LogP contribution in [0, 0.1) is 0 Å². The maximum Gasteiger partial charge on any atom is 0.251 e. The van der Waals surface area contributed by atoms with Crippen LogP contribution in [0.3, 0.4) is 0 Å². The molecule has 2 amide bonds. The Kier molecular flexibility index (Phi) is 9.83. The average Bonchev–Trinajstić information content (AvgIpc) is 3.15. The molecule has 0 unspecified atom stereocenters. The smallest absolute Gasteiger partial charge is 0.251 e. The van der Waals surface area contributed by atoms with Gasteiger partial charge in [0, 0.05) is 41.6 Å². The third kappa shape index (κ3) is 7.22. The molecule has 5 rings (SSSR count). The summed E-state index contributed by atoms with van der Waals surface area (Å²) in [5.41, 5.74) is 8.86. The van der Waals surface area contributed by atoms with Gasteiger partial charge >= 0.3 is 0 Å². The first-order valence-corrected chi connectivity index (χ1v) is 15.1. The van der Waals surface area contributed by atoms with Gasteiger partial charge in [-0.2, -0.15) is 0 Å². The zero-order valence-electron chi connectivity index (χ0n) is 23.1. The van der Waals surface area contributed by atoms with E-state index in [1.54, 1.807) is 0 Å². The van der Waals surface area contributed by atoms with Crippen LogP contribution in [0.25, 0.3) is 10.8 Å². The summed E-state index contributed by atoms with van der Waals surface area (Å²) in [5.74, 6) is 0.0572. The summed E-state index contributed by atoms with van der Waals surface area (Å²) in [5, 5.41) is 8.62. The van der Waals surface area contributed by atoms with Crippen molar-refractivity contribution >= 4 is 38.5 Å². The number of nitrogens with two attached hydrogens (primary N) is 1. The quantitative estimate of drug-likeness (QED) is 0.222. The first-order valence-electron chi connectivity index (χ1n) is 14.3. The Labute approximate surface area is 250 Å². The monoisotopic (exact) mass is 612 g/mol. The van der Waals surface area contributed by atoms with Gasteiger partial charge in [-0.15, -0.1) is 0 Å². The Morgan fingerprint density at radius 2 is 1.68 bits per heavy atom. The van der Waals surface area contributed by atoms with Crippen molar-refractivity contribution in [3.63, 3.8) is 0 Å². The van der Waals surface area contributed by atoms with Crippen LogP contribution in [0.1, 0.15) is 46.7 Å². The van der Waals surface area contributed by atoms with Crippen molar-refractivity contribution in [1.82, 2.24) is 15.5 Å². The second kappa shape index (κ2) is 13.9. The average molecular weight is 614 g/mol.